The number of benzene rings is 2. The van der Waals surface area contributed by atoms with E-state index in [0.29, 0.717) is 5.56 Å². The molecule has 1 aliphatic heterocycles. The summed E-state index contributed by atoms with van der Waals surface area (Å²) in [7, 11) is 2.14. The number of nitrogens with one attached hydrogen (secondary N) is 2. The van der Waals surface area contributed by atoms with Crippen LogP contribution in [0, 0.1) is 22.7 Å². The van der Waals surface area contributed by atoms with Gasteiger partial charge in [0.15, 0.2) is 0 Å². The smallest absolute Gasteiger partial charge is 0.0991 e. The number of hydrogen-bond donors (Lipinski definition) is 2. The zero-order valence-electron chi connectivity index (χ0n) is 16.2. The van der Waals surface area contributed by atoms with E-state index in [2.05, 4.69) is 46.3 Å². The van der Waals surface area contributed by atoms with E-state index in [4.69, 9.17) is 10.5 Å². The number of nitrogens with zero attached hydrogens (tertiary/aromatic N) is 3. The molecule has 5 heteroatoms. The van der Waals surface area contributed by atoms with Crippen LogP contribution in [0.15, 0.2) is 60.9 Å². The lowest BCUT2D eigenvalue weighted by molar-refractivity contribution is 0.370. The minimum atomic E-state index is 0.706. The van der Waals surface area contributed by atoms with Crippen molar-refractivity contribution in [2.45, 2.75) is 6.42 Å². The van der Waals surface area contributed by atoms with Crippen LogP contribution in [0.5, 0.6) is 0 Å². The van der Waals surface area contributed by atoms with Crippen LogP contribution in [-0.2, 0) is 0 Å². The molecular weight excluding hydrogens is 358 g/mol. The predicted octanol–water partition coefficient (Wildman–Crippen LogP) is 4.80. The van der Waals surface area contributed by atoms with Crippen LogP contribution < -0.4 is 0 Å². The maximum atomic E-state index is 8.99. The quantitative estimate of drug-likeness (QED) is 0.498. The fourth-order valence-corrected chi connectivity index (χ4v) is 3.59. The molecule has 0 radical (unpaired) electrons. The minimum absolute atomic E-state index is 0.706. The number of likely N-dealkylation sites (N-methyl/N-ethyl adjacent to an activating group) is 1. The molecule has 142 valence electrons. The molecule has 2 aromatic carbocycles. The predicted molar refractivity (Wildman–Crippen MR) is 116 cm³/mol. The largest absolute Gasteiger partial charge is 0.361 e. The summed E-state index contributed by atoms with van der Waals surface area (Å²) in [5, 5.41) is 19.8. The van der Waals surface area contributed by atoms with Gasteiger partial charge in [-0.2, -0.15) is 10.5 Å². The van der Waals surface area contributed by atoms with Gasteiger partial charge in [0.25, 0.3) is 0 Å². The molecule has 4 aromatic rings. The number of fused-ring (bicyclic) bond motifs is 2. The van der Waals surface area contributed by atoms with Gasteiger partial charge in [-0.05, 0) is 61.5 Å². The monoisotopic (exact) mass is 379 g/mol. The minimum Gasteiger partial charge on any atom is -0.361 e. The standard InChI is InChI=1S/C15H15N3.C9H6N2/c1-18-6-4-12(5-7-18)14-10-17-15-3-2-11(9-16)8-13(14)15;10-6-7-1-2-9-8(5-7)3-4-11-9/h2-4,8,10,17H,5-7H2,1H3;1-5,11H. The second-order valence-corrected chi connectivity index (χ2v) is 7.21. The highest BCUT2D eigenvalue weighted by atomic mass is 15.1. The fraction of sp³-hybridized carbons (Fsp3) is 0.167. The topological polar surface area (TPSA) is 82.4 Å². The number of nitriles is 2. The summed E-state index contributed by atoms with van der Waals surface area (Å²) in [5.41, 5.74) is 6.23. The van der Waals surface area contributed by atoms with Crippen molar-refractivity contribution >= 4 is 27.4 Å². The highest BCUT2D eigenvalue weighted by molar-refractivity contribution is 5.93. The van der Waals surface area contributed by atoms with Crippen molar-refractivity contribution in [2.75, 3.05) is 20.1 Å². The molecule has 0 atom stereocenters. The summed E-state index contributed by atoms with van der Waals surface area (Å²) < 4.78 is 0. The zero-order valence-corrected chi connectivity index (χ0v) is 16.2. The van der Waals surface area contributed by atoms with Crippen LogP contribution in [0.2, 0.25) is 0 Å². The number of aromatic amines is 2. The Hall–Kier alpha value is -3.80. The third-order valence-corrected chi connectivity index (χ3v) is 5.25. The van der Waals surface area contributed by atoms with Gasteiger partial charge in [-0.25, -0.2) is 0 Å². The summed E-state index contributed by atoms with van der Waals surface area (Å²) in [6.07, 6.45) is 7.28. The van der Waals surface area contributed by atoms with Gasteiger partial charge in [0.05, 0.1) is 23.3 Å². The van der Waals surface area contributed by atoms with E-state index in [-0.39, 0.29) is 0 Å². The number of rotatable bonds is 1. The molecular formula is C24H21N5. The van der Waals surface area contributed by atoms with Crippen molar-refractivity contribution in [2.24, 2.45) is 0 Å². The normalized spacial score (nSPS) is 14.0. The van der Waals surface area contributed by atoms with Gasteiger partial charge in [-0.3, -0.25) is 0 Å². The lowest BCUT2D eigenvalue weighted by Crippen LogP contribution is -2.23. The van der Waals surface area contributed by atoms with E-state index >= 15 is 0 Å². The molecule has 3 heterocycles. The number of H-pyrrole nitrogens is 2. The van der Waals surface area contributed by atoms with Crippen molar-refractivity contribution in [1.82, 2.24) is 14.9 Å². The van der Waals surface area contributed by atoms with Crippen molar-refractivity contribution < 1.29 is 0 Å². The van der Waals surface area contributed by atoms with E-state index in [1.165, 1.54) is 11.1 Å². The highest BCUT2D eigenvalue weighted by Crippen LogP contribution is 2.29. The van der Waals surface area contributed by atoms with Crippen molar-refractivity contribution in [1.29, 1.82) is 10.5 Å². The summed E-state index contributed by atoms with van der Waals surface area (Å²) in [6, 6.07) is 17.6. The van der Waals surface area contributed by atoms with E-state index < -0.39 is 0 Å². The fourth-order valence-electron chi connectivity index (χ4n) is 3.59. The van der Waals surface area contributed by atoms with Crippen LogP contribution in [0.25, 0.3) is 27.4 Å². The molecule has 0 aliphatic carbocycles. The lowest BCUT2D eigenvalue weighted by atomic mass is 9.98. The molecule has 0 amide bonds. The van der Waals surface area contributed by atoms with E-state index in [9.17, 15) is 0 Å². The SMILES string of the molecule is CN1CC=C(c2c[nH]c3ccc(C#N)cc23)CC1.N#Cc1ccc2[nH]ccc2c1. The van der Waals surface area contributed by atoms with Gasteiger partial charge in [0.1, 0.15) is 0 Å². The number of aromatic nitrogens is 2. The van der Waals surface area contributed by atoms with Crippen LogP contribution in [0.1, 0.15) is 23.1 Å². The van der Waals surface area contributed by atoms with Crippen molar-refractivity contribution in [3.05, 3.63) is 77.6 Å². The summed E-state index contributed by atoms with van der Waals surface area (Å²) >= 11 is 0. The highest BCUT2D eigenvalue weighted by Gasteiger charge is 2.13. The van der Waals surface area contributed by atoms with Gasteiger partial charge in [-0.1, -0.05) is 6.08 Å². The van der Waals surface area contributed by atoms with Gasteiger partial charge >= 0.3 is 0 Å². The molecule has 0 spiro atoms. The first-order valence-electron chi connectivity index (χ1n) is 9.54. The Morgan fingerprint density at radius 3 is 2.41 bits per heavy atom. The van der Waals surface area contributed by atoms with Gasteiger partial charge in [-0.15, -0.1) is 0 Å². The van der Waals surface area contributed by atoms with Crippen LogP contribution in [-0.4, -0.2) is 35.0 Å². The Balaban J connectivity index is 0.000000159. The molecule has 5 rings (SSSR count). The zero-order chi connectivity index (χ0) is 20.2. The van der Waals surface area contributed by atoms with Crippen LogP contribution in [0.3, 0.4) is 0 Å². The molecule has 29 heavy (non-hydrogen) atoms. The first-order chi connectivity index (χ1) is 14.2. The molecule has 0 saturated carbocycles. The Morgan fingerprint density at radius 2 is 1.69 bits per heavy atom. The molecule has 0 saturated heterocycles. The maximum Gasteiger partial charge on any atom is 0.0991 e. The number of hydrogen-bond acceptors (Lipinski definition) is 3. The Labute approximate surface area is 169 Å². The maximum absolute atomic E-state index is 8.99. The third-order valence-electron chi connectivity index (χ3n) is 5.25. The summed E-state index contributed by atoms with van der Waals surface area (Å²) in [6.45, 7) is 2.09. The molecule has 5 nitrogen and oxygen atoms in total. The molecule has 2 N–H and O–H groups in total. The average molecular weight is 379 g/mol. The van der Waals surface area contributed by atoms with Crippen molar-refractivity contribution in [3.63, 3.8) is 0 Å². The second kappa shape index (κ2) is 8.06. The Kier molecular flexibility index (Phi) is 5.16. The Bertz CT molecular complexity index is 1280. The molecule has 2 aromatic heterocycles. The molecule has 0 unspecified atom stereocenters. The Morgan fingerprint density at radius 1 is 0.931 bits per heavy atom. The van der Waals surface area contributed by atoms with Crippen LogP contribution in [0.4, 0.5) is 0 Å². The molecule has 0 fully saturated rings. The third kappa shape index (κ3) is 3.91. The van der Waals surface area contributed by atoms with Crippen molar-refractivity contribution in [3.8, 4) is 12.1 Å². The van der Waals surface area contributed by atoms with Gasteiger partial charge in [0, 0.05) is 52.9 Å². The van der Waals surface area contributed by atoms with E-state index in [1.54, 1.807) is 6.07 Å². The van der Waals surface area contributed by atoms with E-state index in [1.807, 2.05) is 42.6 Å². The van der Waals surface area contributed by atoms with Gasteiger partial charge in [0.2, 0.25) is 0 Å². The molecule has 0 bridgehead atoms. The first-order valence-corrected chi connectivity index (χ1v) is 9.54. The summed E-state index contributed by atoms with van der Waals surface area (Å²) in [4.78, 5) is 8.65. The van der Waals surface area contributed by atoms with Gasteiger partial charge < -0.3 is 14.9 Å². The van der Waals surface area contributed by atoms with E-state index in [0.717, 1.165) is 46.9 Å². The van der Waals surface area contributed by atoms with Crippen LogP contribution >= 0.6 is 0 Å². The molecule has 1 aliphatic rings. The average Bonchev–Trinajstić information content (AvgIpc) is 3.40. The first kappa shape index (κ1) is 18.6. The lowest BCUT2D eigenvalue weighted by Gasteiger charge is -2.21. The second-order valence-electron chi connectivity index (χ2n) is 7.21. The summed E-state index contributed by atoms with van der Waals surface area (Å²) in [5.74, 6) is 0.